The molecule has 3 fully saturated rings. The highest BCUT2D eigenvalue weighted by Crippen LogP contribution is 2.37. The van der Waals surface area contributed by atoms with Crippen LogP contribution < -0.4 is 15.5 Å². The molecule has 0 saturated carbocycles. The second-order valence-corrected chi connectivity index (χ2v) is 9.55. The number of rotatable bonds is 6. The highest BCUT2D eigenvalue weighted by Gasteiger charge is 2.54. The predicted molar refractivity (Wildman–Crippen MR) is 129 cm³/mol. The van der Waals surface area contributed by atoms with Crippen LogP contribution in [0.25, 0.3) is 0 Å². The molecule has 34 heavy (non-hydrogen) atoms. The molecule has 4 rings (SSSR count). The molecule has 1 atom stereocenters. The van der Waals surface area contributed by atoms with Crippen molar-refractivity contribution in [1.82, 2.24) is 20.4 Å². The van der Waals surface area contributed by atoms with E-state index in [9.17, 15) is 19.2 Å². The van der Waals surface area contributed by atoms with Gasteiger partial charge in [0.15, 0.2) is 0 Å². The fourth-order valence-electron chi connectivity index (χ4n) is 5.36. The third-order valence-corrected chi connectivity index (χ3v) is 7.27. The molecular formula is C25H33N5O4. The first-order valence-electron chi connectivity index (χ1n) is 11.9. The number of carbonyl (C=O) groups is 4. The summed E-state index contributed by atoms with van der Waals surface area (Å²) in [5, 5.41) is 5.76. The molecule has 6 amide bonds. The van der Waals surface area contributed by atoms with Gasteiger partial charge >= 0.3 is 12.1 Å². The first kappa shape index (κ1) is 23.8. The fraction of sp³-hybridized carbons (Fsp3) is 0.520. The van der Waals surface area contributed by atoms with Gasteiger partial charge in [0.1, 0.15) is 5.54 Å². The summed E-state index contributed by atoms with van der Waals surface area (Å²) in [5.74, 6) is -0.328. The maximum Gasteiger partial charge on any atom is 0.325 e. The number of piperidine rings is 1. The predicted octanol–water partition coefficient (Wildman–Crippen LogP) is 2.65. The summed E-state index contributed by atoms with van der Waals surface area (Å²) in [6.07, 6.45) is 1.75. The van der Waals surface area contributed by atoms with Gasteiger partial charge in [0.25, 0.3) is 11.8 Å². The molecule has 0 aliphatic carbocycles. The third kappa shape index (κ3) is 4.03. The summed E-state index contributed by atoms with van der Waals surface area (Å²) in [6.45, 7) is 11.8. The Morgan fingerprint density at radius 1 is 1.15 bits per heavy atom. The van der Waals surface area contributed by atoms with Crippen molar-refractivity contribution in [3.05, 3.63) is 41.5 Å². The van der Waals surface area contributed by atoms with Crippen LogP contribution in [0, 0.1) is 12.8 Å². The minimum absolute atomic E-state index is 0.0463. The van der Waals surface area contributed by atoms with Crippen LogP contribution in [0.15, 0.2) is 30.4 Å². The largest absolute Gasteiger partial charge is 0.339 e. The number of hydrogen-bond acceptors (Lipinski definition) is 4. The lowest BCUT2D eigenvalue weighted by molar-refractivity contribution is -0.133. The standard InChI is InChI=1S/C25H33N5O4/c1-5-25(22(32)30(15-16(2)3)24(34)27-25)19-8-11-28(12-9-19)21(31)18-7-6-17(4)20(14-18)29-13-10-26-23(29)33/h6-7,14,19H,2,5,8-13,15H2,1,3-4H3,(H,26,33)(H,27,34). The van der Waals surface area contributed by atoms with Crippen molar-refractivity contribution in [3.8, 4) is 0 Å². The van der Waals surface area contributed by atoms with Crippen molar-refractivity contribution < 1.29 is 19.2 Å². The third-order valence-electron chi connectivity index (χ3n) is 7.27. The second-order valence-electron chi connectivity index (χ2n) is 9.55. The van der Waals surface area contributed by atoms with Gasteiger partial charge in [0.05, 0.1) is 6.54 Å². The van der Waals surface area contributed by atoms with Crippen molar-refractivity contribution in [3.63, 3.8) is 0 Å². The molecular weight excluding hydrogens is 434 g/mol. The lowest BCUT2D eigenvalue weighted by Gasteiger charge is -2.40. The van der Waals surface area contributed by atoms with Crippen LogP contribution in [0.3, 0.4) is 0 Å². The van der Waals surface area contributed by atoms with E-state index in [1.807, 2.05) is 19.9 Å². The van der Waals surface area contributed by atoms with Crippen LogP contribution in [0.2, 0.25) is 0 Å². The summed E-state index contributed by atoms with van der Waals surface area (Å²) in [7, 11) is 0. The molecule has 3 heterocycles. The minimum Gasteiger partial charge on any atom is -0.339 e. The summed E-state index contributed by atoms with van der Waals surface area (Å²) < 4.78 is 0. The van der Waals surface area contributed by atoms with Crippen LogP contribution in [-0.4, -0.2) is 71.9 Å². The molecule has 3 aliphatic heterocycles. The van der Waals surface area contributed by atoms with E-state index in [1.165, 1.54) is 4.90 Å². The molecule has 0 spiro atoms. The molecule has 1 unspecified atom stereocenters. The van der Waals surface area contributed by atoms with Crippen molar-refractivity contribution >= 4 is 29.6 Å². The average Bonchev–Trinajstić information content (AvgIpc) is 3.35. The maximum atomic E-state index is 13.3. The number of nitrogens with zero attached hydrogens (tertiary/aromatic N) is 3. The normalized spacial score (nSPS) is 23.4. The van der Waals surface area contributed by atoms with E-state index in [0.717, 1.165) is 16.8 Å². The van der Waals surface area contributed by atoms with E-state index in [0.29, 0.717) is 51.0 Å². The summed E-state index contributed by atoms with van der Waals surface area (Å²) in [6, 6.07) is 4.94. The van der Waals surface area contributed by atoms with Crippen LogP contribution in [-0.2, 0) is 4.79 Å². The Morgan fingerprint density at radius 2 is 1.85 bits per heavy atom. The van der Waals surface area contributed by atoms with E-state index in [1.54, 1.807) is 28.9 Å². The fourth-order valence-corrected chi connectivity index (χ4v) is 5.36. The van der Waals surface area contributed by atoms with Crippen molar-refractivity contribution in [1.29, 1.82) is 0 Å². The van der Waals surface area contributed by atoms with Gasteiger partial charge in [-0.25, -0.2) is 9.59 Å². The Labute approximate surface area is 200 Å². The molecule has 0 radical (unpaired) electrons. The van der Waals surface area contributed by atoms with E-state index in [2.05, 4.69) is 17.2 Å². The molecule has 9 nitrogen and oxygen atoms in total. The van der Waals surface area contributed by atoms with Crippen LogP contribution >= 0.6 is 0 Å². The minimum atomic E-state index is -0.929. The Balaban J connectivity index is 1.46. The highest BCUT2D eigenvalue weighted by molar-refractivity contribution is 6.07. The number of anilines is 1. The topological polar surface area (TPSA) is 102 Å². The molecule has 1 aromatic rings. The monoisotopic (exact) mass is 467 g/mol. The van der Waals surface area contributed by atoms with Gasteiger partial charge in [-0.2, -0.15) is 0 Å². The number of aryl methyl sites for hydroxylation is 1. The number of nitrogens with one attached hydrogen (secondary N) is 2. The molecule has 2 N–H and O–H groups in total. The highest BCUT2D eigenvalue weighted by atomic mass is 16.2. The number of likely N-dealkylation sites (tertiary alicyclic amines) is 1. The Kier molecular flexibility index (Phi) is 6.38. The van der Waals surface area contributed by atoms with E-state index >= 15 is 0 Å². The number of urea groups is 2. The smallest absolute Gasteiger partial charge is 0.325 e. The van der Waals surface area contributed by atoms with Gasteiger partial charge in [-0.3, -0.25) is 19.4 Å². The number of imide groups is 1. The summed E-state index contributed by atoms with van der Waals surface area (Å²) in [4.78, 5) is 55.9. The van der Waals surface area contributed by atoms with Gasteiger partial charge in [0, 0.05) is 37.4 Å². The quantitative estimate of drug-likeness (QED) is 0.496. The van der Waals surface area contributed by atoms with Crippen LogP contribution in [0.4, 0.5) is 15.3 Å². The van der Waals surface area contributed by atoms with Gasteiger partial charge in [-0.1, -0.05) is 25.1 Å². The van der Waals surface area contributed by atoms with E-state index < -0.39 is 5.54 Å². The van der Waals surface area contributed by atoms with Crippen molar-refractivity contribution in [2.75, 3.05) is 37.6 Å². The van der Waals surface area contributed by atoms with E-state index in [-0.39, 0.29) is 36.3 Å². The first-order chi connectivity index (χ1) is 16.2. The van der Waals surface area contributed by atoms with Crippen molar-refractivity contribution in [2.24, 2.45) is 5.92 Å². The van der Waals surface area contributed by atoms with Gasteiger partial charge < -0.3 is 15.5 Å². The zero-order valence-corrected chi connectivity index (χ0v) is 20.1. The number of carbonyl (C=O) groups excluding carboxylic acids is 4. The molecule has 3 aliphatic rings. The molecule has 182 valence electrons. The number of hydrogen-bond donors (Lipinski definition) is 2. The summed E-state index contributed by atoms with van der Waals surface area (Å²) in [5.41, 5.74) is 2.05. The SMILES string of the molecule is C=C(C)CN1C(=O)NC(CC)(C2CCN(C(=O)c3ccc(C)c(N4CCNC4=O)c3)CC2)C1=O. The summed E-state index contributed by atoms with van der Waals surface area (Å²) >= 11 is 0. The molecule has 0 bridgehead atoms. The Hall–Kier alpha value is -3.36. The molecule has 9 heteroatoms. The number of amides is 6. The van der Waals surface area contributed by atoms with Gasteiger partial charge in [-0.15, -0.1) is 0 Å². The average molecular weight is 468 g/mol. The zero-order chi connectivity index (χ0) is 24.6. The van der Waals surface area contributed by atoms with Gasteiger partial charge in [-0.05, 0) is 56.7 Å². The Morgan fingerprint density at radius 3 is 2.44 bits per heavy atom. The van der Waals surface area contributed by atoms with Crippen LogP contribution in [0.5, 0.6) is 0 Å². The first-order valence-corrected chi connectivity index (χ1v) is 11.9. The second kappa shape index (κ2) is 9.12. The van der Waals surface area contributed by atoms with Gasteiger partial charge in [0.2, 0.25) is 0 Å². The molecule has 3 saturated heterocycles. The molecule has 1 aromatic carbocycles. The maximum absolute atomic E-state index is 13.3. The number of benzene rings is 1. The van der Waals surface area contributed by atoms with E-state index in [4.69, 9.17) is 0 Å². The lowest BCUT2D eigenvalue weighted by atomic mass is 9.75. The van der Waals surface area contributed by atoms with Crippen molar-refractivity contribution in [2.45, 2.75) is 45.6 Å². The molecule has 0 aromatic heterocycles. The van der Waals surface area contributed by atoms with Crippen LogP contribution in [0.1, 0.15) is 49.0 Å². The Bertz CT molecular complexity index is 1050. The zero-order valence-electron chi connectivity index (χ0n) is 20.1. The lowest BCUT2D eigenvalue weighted by Crippen LogP contribution is -2.56.